The van der Waals surface area contributed by atoms with Gasteiger partial charge in [0, 0.05) is 19.2 Å². The summed E-state index contributed by atoms with van der Waals surface area (Å²) >= 11 is 0. The Kier molecular flexibility index (Phi) is 27.6. The molecule has 0 aromatic heterocycles. The lowest BCUT2D eigenvalue weighted by Gasteiger charge is -2.08. The molecule has 35 heavy (non-hydrogen) atoms. The number of ketones is 1. The second-order valence-corrected chi connectivity index (χ2v) is 7.54. The number of carbonyl (C=O) groups excluding carboxylic acids is 1. The van der Waals surface area contributed by atoms with Crippen molar-refractivity contribution in [3.05, 3.63) is 0 Å². The SMILES string of the molecule is CCCCCOC/C(C=NCCOCCOCCOCCOCCOCCOCCC(C)=O)=N/N. The molecule has 0 aliphatic carbocycles. The van der Waals surface area contributed by atoms with Crippen LogP contribution in [0.1, 0.15) is 39.5 Å². The molecule has 0 aromatic carbocycles. The van der Waals surface area contributed by atoms with Crippen molar-refractivity contribution in [3.8, 4) is 0 Å². The van der Waals surface area contributed by atoms with E-state index in [9.17, 15) is 4.79 Å². The molecule has 0 atom stereocenters. The highest BCUT2D eigenvalue weighted by molar-refractivity contribution is 6.31. The summed E-state index contributed by atoms with van der Waals surface area (Å²) < 4.78 is 37.9. The molecular weight excluding hydrogens is 458 g/mol. The first kappa shape index (κ1) is 33.5. The number of hydrogen-bond donors (Lipinski definition) is 1. The number of Topliss-reactive ketones (excluding diaryl/α,β-unsaturated/α-hetero) is 1. The van der Waals surface area contributed by atoms with Gasteiger partial charge in [-0.1, -0.05) is 19.8 Å². The Hall–Kier alpha value is -1.47. The van der Waals surface area contributed by atoms with Crippen LogP contribution in [0.2, 0.25) is 0 Å². The van der Waals surface area contributed by atoms with Gasteiger partial charge in [-0.3, -0.25) is 9.79 Å². The molecule has 0 aromatic rings. The normalized spacial score (nSPS) is 12.1. The first-order valence-corrected chi connectivity index (χ1v) is 12.5. The maximum absolute atomic E-state index is 10.7. The number of nitrogens with two attached hydrogens (primary N) is 1. The topological polar surface area (TPSA) is 132 Å². The van der Waals surface area contributed by atoms with E-state index in [0.29, 0.717) is 111 Å². The van der Waals surface area contributed by atoms with Crippen LogP contribution in [0.3, 0.4) is 0 Å². The van der Waals surface area contributed by atoms with Crippen molar-refractivity contribution in [3.63, 3.8) is 0 Å². The van der Waals surface area contributed by atoms with Gasteiger partial charge in [-0.2, -0.15) is 5.10 Å². The molecule has 0 heterocycles. The third-order valence-electron chi connectivity index (χ3n) is 4.37. The van der Waals surface area contributed by atoms with E-state index in [4.69, 9.17) is 39.0 Å². The summed E-state index contributed by atoms with van der Waals surface area (Å²) in [5, 5.41) is 3.68. The Morgan fingerprint density at radius 3 is 1.63 bits per heavy atom. The summed E-state index contributed by atoms with van der Waals surface area (Å²) in [6.45, 7) is 11.2. The molecule has 0 unspecified atom stereocenters. The van der Waals surface area contributed by atoms with Crippen LogP contribution in [-0.2, 0) is 38.0 Å². The largest absolute Gasteiger partial charge is 0.379 e. The number of carbonyl (C=O) groups is 1. The smallest absolute Gasteiger partial charge is 0.132 e. The molecule has 0 amide bonds. The summed E-state index contributed by atoms with van der Waals surface area (Å²) in [4.78, 5) is 15.0. The van der Waals surface area contributed by atoms with Gasteiger partial charge in [0.2, 0.25) is 0 Å². The van der Waals surface area contributed by atoms with Gasteiger partial charge < -0.3 is 39.0 Å². The van der Waals surface area contributed by atoms with Gasteiger partial charge in [0.25, 0.3) is 0 Å². The number of unbranched alkanes of at least 4 members (excludes halogenated alkanes) is 2. The Morgan fingerprint density at radius 1 is 0.686 bits per heavy atom. The molecule has 0 aliphatic heterocycles. The molecule has 0 fully saturated rings. The number of rotatable bonds is 28. The van der Waals surface area contributed by atoms with Crippen LogP contribution in [0, 0.1) is 0 Å². The predicted octanol–water partition coefficient (Wildman–Crippen LogP) is 1.66. The molecule has 11 heteroatoms. The zero-order valence-electron chi connectivity index (χ0n) is 21.8. The molecule has 0 spiro atoms. The molecule has 0 bridgehead atoms. The van der Waals surface area contributed by atoms with Gasteiger partial charge in [-0.05, 0) is 13.3 Å². The van der Waals surface area contributed by atoms with Crippen LogP contribution in [-0.4, -0.2) is 117 Å². The third kappa shape index (κ3) is 28.7. The van der Waals surface area contributed by atoms with Gasteiger partial charge in [0.05, 0.1) is 92.4 Å². The van der Waals surface area contributed by atoms with Crippen LogP contribution in [0.15, 0.2) is 10.1 Å². The van der Waals surface area contributed by atoms with Crippen molar-refractivity contribution in [2.75, 3.05) is 99.0 Å². The minimum atomic E-state index is 0.128. The minimum absolute atomic E-state index is 0.128. The third-order valence-corrected chi connectivity index (χ3v) is 4.37. The van der Waals surface area contributed by atoms with Crippen LogP contribution < -0.4 is 5.84 Å². The second-order valence-electron chi connectivity index (χ2n) is 7.54. The quantitative estimate of drug-likeness (QED) is 0.0729. The average molecular weight is 506 g/mol. The maximum atomic E-state index is 10.7. The zero-order chi connectivity index (χ0) is 25.7. The van der Waals surface area contributed by atoms with E-state index in [1.165, 1.54) is 0 Å². The highest BCUT2D eigenvalue weighted by Gasteiger charge is 1.97. The van der Waals surface area contributed by atoms with Gasteiger partial charge in [0.1, 0.15) is 11.5 Å². The summed E-state index contributed by atoms with van der Waals surface area (Å²) in [6.07, 6.45) is 5.44. The van der Waals surface area contributed by atoms with Crippen LogP contribution >= 0.6 is 0 Å². The van der Waals surface area contributed by atoms with E-state index in [0.717, 1.165) is 19.3 Å². The van der Waals surface area contributed by atoms with Crippen molar-refractivity contribution in [1.29, 1.82) is 0 Å². The minimum Gasteiger partial charge on any atom is -0.379 e. The van der Waals surface area contributed by atoms with Gasteiger partial charge in [0.15, 0.2) is 0 Å². The van der Waals surface area contributed by atoms with Crippen molar-refractivity contribution in [2.24, 2.45) is 15.9 Å². The van der Waals surface area contributed by atoms with Crippen molar-refractivity contribution >= 4 is 17.7 Å². The fourth-order valence-corrected chi connectivity index (χ4v) is 2.44. The molecular formula is C24H47N3O8. The van der Waals surface area contributed by atoms with Crippen molar-refractivity contribution in [1.82, 2.24) is 0 Å². The average Bonchev–Trinajstić information content (AvgIpc) is 2.85. The van der Waals surface area contributed by atoms with E-state index in [1.807, 2.05) is 0 Å². The monoisotopic (exact) mass is 505 g/mol. The van der Waals surface area contributed by atoms with E-state index in [2.05, 4.69) is 17.0 Å². The number of ether oxygens (including phenoxy) is 7. The molecule has 11 nitrogen and oxygen atoms in total. The Balaban J connectivity index is 3.25. The number of hydrogen-bond acceptors (Lipinski definition) is 11. The van der Waals surface area contributed by atoms with Crippen LogP contribution in [0.4, 0.5) is 0 Å². The second kappa shape index (κ2) is 28.8. The summed E-state index contributed by atoms with van der Waals surface area (Å²) in [6, 6.07) is 0. The predicted molar refractivity (Wildman–Crippen MR) is 136 cm³/mol. The number of nitrogens with zero attached hydrogens (tertiary/aromatic N) is 2. The Labute approximate surface area is 210 Å². The lowest BCUT2D eigenvalue weighted by Crippen LogP contribution is -2.15. The molecule has 206 valence electrons. The number of aliphatic imine (C=N–C) groups is 1. The Morgan fingerprint density at radius 2 is 1.17 bits per heavy atom. The van der Waals surface area contributed by atoms with Gasteiger partial charge in [-0.15, -0.1) is 0 Å². The maximum Gasteiger partial charge on any atom is 0.132 e. The highest BCUT2D eigenvalue weighted by Crippen LogP contribution is 1.94. The number of hydrazone groups is 1. The molecule has 0 aliphatic rings. The zero-order valence-corrected chi connectivity index (χ0v) is 21.8. The summed E-state index contributed by atoms with van der Waals surface area (Å²) in [7, 11) is 0. The van der Waals surface area contributed by atoms with E-state index < -0.39 is 0 Å². The summed E-state index contributed by atoms with van der Waals surface area (Å²) in [5.74, 6) is 5.47. The summed E-state index contributed by atoms with van der Waals surface area (Å²) in [5.41, 5.74) is 0.618. The molecule has 2 N–H and O–H groups in total. The van der Waals surface area contributed by atoms with Gasteiger partial charge >= 0.3 is 0 Å². The highest BCUT2D eigenvalue weighted by atomic mass is 16.6. The standard InChI is InChI=1S/C24H47N3O8/c1-3-4-5-8-35-22-24(27-25)21-26-7-10-30-12-14-32-16-18-34-20-19-33-17-15-31-13-11-29-9-6-23(2)28/h21H,3-20,22,25H2,1-2H3/b26-21?,27-24+. The molecule has 0 saturated heterocycles. The molecule has 0 saturated carbocycles. The molecule has 0 radical (unpaired) electrons. The Bertz CT molecular complexity index is 521. The van der Waals surface area contributed by atoms with E-state index >= 15 is 0 Å². The first-order valence-electron chi connectivity index (χ1n) is 12.5. The van der Waals surface area contributed by atoms with Crippen molar-refractivity contribution < 1.29 is 38.0 Å². The lowest BCUT2D eigenvalue weighted by molar-refractivity contribution is -0.118. The first-order chi connectivity index (χ1) is 17.2. The van der Waals surface area contributed by atoms with E-state index in [-0.39, 0.29) is 5.78 Å². The van der Waals surface area contributed by atoms with Crippen LogP contribution in [0.25, 0.3) is 0 Å². The fourth-order valence-electron chi connectivity index (χ4n) is 2.44. The molecule has 0 rings (SSSR count). The van der Waals surface area contributed by atoms with E-state index in [1.54, 1.807) is 13.1 Å². The van der Waals surface area contributed by atoms with Crippen molar-refractivity contribution in [2.45, 2.75) is 39.5 Å². The van der Waals surface area contributed by atoms with Gasteiger partial charge in [-0.25, -0.2) is 0 Å². The lowest BCUT2D eigenvalue weighted by atomic mass is 10.3. The van der Waals surface area contributed by atoms with Crippen LogP contribution in [0.5, 0.6) is 0 Å². The fraction of sp³-hybridized carbons (Fsp3) is 0.875.